The second-order valence-corrected chi connectivity index (χ2v) is 7.86. The largest absolute Gasteiger partial charge is 0.378 e. The van der Waals surface area contributed by atoms with E-state index in [0.717, 1.165) is 24.9 Å². The van der Waals surface area contributed by atoms with Crippen LogP contribution in [0.3, 0.4) is 0 Å². The van der Waals surface area contributed by atoms with E-state index in [-0.39, 0.29) is 16.7 Å². The molecular formula is C14H13IN2O2S. The Balaban J connectivity index is 1.85. The van der Waals surface area contributed by atoms with Gasteiger partial charge in [0.25, 0.3) is 5.69 Å². The second-order valence-electron chi connectivity index (χ2n) is 4.83. The van der Waals surface area contributed by atoms with Crippen molar-refractivity contribution in [2.45, 2.75) is 25.3 Å². The third-order valence-electron chi connectivity index (χ3n) is 3.48. The van der Waals surface area contributed by atoms with Crippen LogP contribution < -0.4 is 5.32 Å². The molecule has 1 aromatic heterocycles. The number of benzene rings is 1. The van der Waals surface area contributed by atoms with Gasteiger partial charge in [-0.25, -0.2) is 0 Å². The van der Waals surface area contributed by atoms with Crippen LogP contribution in [-0.4, -0.2) is 4.92 Å². The lowest BCUT2D eigenvalue weighted by atomic mass is 9.94. The fourth-order valence-corrected chi connectivity index (χ4v) is 4.70. The van der Waals surface area contributed by atoms with Crippen molar-refractivity contribution in [2.75, 3.05) is 5.32 Å². The van der Waals surface area contributed by atoms with Gasteiger partial charge in [-0.15, -0.1) is 11.3 Å². The second kappa shape index (κ2) is 5.69. The van der Waals surface area contributed by atoms with Gasteiger partial charge in [0.1, 0.15) is 0 Å². The van der Waals surface area contributed by atoms with Gasteiger partial charge < -0.3 is 5.32 Å². The summed E-state index contributed by atoms with van der Waals surface area (Å²) in [5.74, 6) is 0. The van der Waals surface area contributed by atoms with E-state index in [0.29, 0.717) is 0 Å². The molecule has 104 valence electrons. The van der Waals surface area contributed by atoms with Crippen molar-refractivity contribution in [1.82, 2.24) is 0 Å². The number of hydrogen-bond acceptors (Lipinski definition) is 4. The van der Waals surface area contributed by atoms with E-state index in [1.54, 1.807) is 12.1 Å². The predicted octanol–water partition coefficient (Wildman–Crippen LogP) is 4.75. The van der Waals surface area contributed by atoms with Gasteiger partial charge in [0.15, 0.2) is 0 Å². The topological polar surface area (TPSA) is 55.2 Å². The van der Waals surface area contributed by atoms with Gasteiger partial charge in [-0.3, -0.25) is 10.1 Å². The molecule has 3 rings (SSSR count). The first-order chi connectivity index (χ1) is 9.63. The molecule has 1 N–H and O–H groups in total. The van der Waals surface area contributed by atoms with Crippen LogP contribution in [0.4, 0.5) is 11.4 Å². The van der Waals surface area contributed by atoms with Crippen LogP contribution in [0, 0.1) is 13.0 Å². The minimum Gasteiger partial charge on any atom is -0.378 e. The quantitative estimate of drug-likeness (QED) is 0.460. The number of nitro benzene ring substituents is 1. The molecule has 2 aromatic rings. The summed E-state index contributed by atoms with van der Waals surface area (Å²) in [6.07, 6.45) is 3.38. The molecule has 1 aliphatic carbocycles. The highest BCUT2D eigenvalue weighted by Crippen LogP contribution is 2.38. The fourth-order valence-electron chi connectivity index (χ4n) is 2.58. The van der Waals surface area contributed by atoms with Gasteiger partial charge in [-0.1, -0.05) is 6.07 Å². The van der Waals surface area contributed by atoms with Crippen LogP contribution in [0.1, 0.15) is 29.3 Å². The van der Waals surface area contributed by atoms with Gasteiger partial charge in [0, 0.05) is 22.7 Å². The smallest absolute Gasteiger partial charge is 0.271 e. The molecule has 1 aliphatic rings. The highest BCUT2D eigenvalue weighted by molar-refractivity contribution is 14.1. The highest BCUT2D eigenvalue weighted by Gasteiger charge is 2.22. The van der Waals surface area contributed by atoms with Crippen molar-refractivity contribution < 1.29 is 4.92 Å². The Morgan fingerprint density at radius 3 is 3.05 bits per heavy atom. The van der Waals surface area contributed by atoms with E-state index < -0.39 is 0 Å². The Morgan fingerprint density at radius 1 is 1.40 bits per heavy atom. The van der Waals surface area contributed by atoms with Gasteiger partial charge >= 0.3 is 0 Å². The predicted molar refractivity (Wildman–Crippen MR) is 89.4 cm³/mol. The van der Waals surface area contributed by atoms with Gasteiger partial charge in [-0.05, 0) is 59.5 Å². The normalized spacial score (nSPS) is 17.6. The Bertz CT molecular complexity index is 656. The number of fused-ring (bicyclic) bond motifs is 1. The first kappa shape index (κ1) is 13.8. The molecule has 1 heterocycles. The van der Waals surface area contributed by atoms with E-state index in [1.165, 1.54) is 19.4 Å². The molecule has 20 heavy (non-hydrogen) atoms. The Kier molecular flexibility index (Phi) is 3.93. The first-order valence-electron chi connectivity index (χ1n) is 6.42. The molecule has 6 heteroatoms. The van der Waals surface area contributed by atoms with Crippen molar-refractivity contribution in [1.29, 1.82) is 0 Å². The maximum absolute atomic E-state index is 10.8. The van der Waals surface area contributed by atoms with Crippen LogP contribution in [0.5, 0.6) is 0 Å². The Morgan fingerprint density at radius 2 is 2.25 bits per heavy atom. The summed E-state index contributed by atoms with van der Waals surface area (Å²) in [6.45, 7) is 0. The average molecular weight is 400 g/mol. The third kappa shape index (κ3) is 2.80. The number of non-ortho nitro benzene ring substituents is 1. The number of nitrogens with one attached hydrogen (secondary N) is 1. The SMILES string of the molecule is O=[N+]([O-])c1cccc(NC2CCCc3sc(I)cc32)c1. The summed E-state index contributed by atoms with van der Waals surface area (Å²) in [4.78, 5) is 11.9. The van der Waals surface area contributed by atoms with Crippen LogP contribution >= 0.6 is 33.9 Å². The van der Waals surface area contributed by atoms with Crippen molar-refractivity contribution in [3.05, 3.63) is 53.8 Å². The lowest BCUT2D eigenvalue weighted by Gasteiger charge is -2.24. The van der Waals surface area contributed by atoms with Crippen LogP contribution in [0.2, 0.25) is 0 Å². The van der Waals surface area contributed by atoms with E-state index >= 15 is 0 Å². The van der Waals surface area contributed by atoms with Crippen molar-refractivity contribution in [3.8, 4) is 0 Å². The fraction of sp³-hybridized carbons (Fsp3) is 0.286. The first-order valence-corrected chi connectivity index (χ1v) is 8.32. The number of thiophene rings is 1. The maximum Gasteiger partial charge on any atom is 0.271 e. The minimum atomic E-state index is -0.356. The molecule has 1 aromatic carbocycles. The van der Waals surface area contributed by atoms with Gasteiger partial charge in [0.05, 0.1) is 13.8 Å². The molecule has 0 amide bonds. The molecule has 0 saturated carbocycles. The Labute approximate surface area is 134 Å². The van der Waals surface area contributed by atoms with Crippen LogP contribution in [0.15, 0.2) is 30.3 Å². The van der Waals surface area contributed by atoms with Crippen molar-refractivity contribution in [2.24, 2.45) is 0 Å². The van der Waals surface area contributed by atoms with E-state index in [2.05, 4.69) is 34.0 Å². The molecule has 1 unspecified atom stereocenters. The number of hydrogen-bond donors (Lipinski definition) is 1. The molecule has 1 atom stereocenters. The number of aryl methyl sites for hydroxylation is 1. The van der Waals surface area contributed by atoms with Crippen LogP contribution in [0.25, 0.3) is 0 Å². The van der Waals surface area contributed by atoms with Gasteiger partial charge in [-0.2, -0.15) is 0 Å². The number of anilines is 1. The van der Waals surface area contributed by atoms with Gasteiger partial charge in [0.2, 0.25) is 0 Å². The lowest BCUT2D eigenvalue weighted by Crippen LogP contribution is -2.15. The summed E-state index contributed by atoms with van der Waals surface area (Å²) < 4.78 is 1.31. The molecule has 0 bridgehead atoms. The summed E-state index contributed by atoms with van der Waals surface area (Å²) in [5.41, 5.74) is 2.31. The summed E-state index contributed by atoms with van der Waals surface area (Å²) in [6, 6.07) is 9.23. The number of halogens is 1. The van der Waals surface area contributed by atoms with E-state index in [4.69, 9.17) is 0 Å². The minimum absolute atomic E-state index is 0.130. The molecule has 0 saturated heterocycles. The van der Waals surface area contributed by atoms with E-state index in [1.807, 2.05) is 17.4 Å². The zero-order valence-corrected chi connectivity index (χ0v) is 13.6. The molecular weight excluding hydrogens is 387 g/mol. The van der Waals surface area contributed by atoms with Crippen molar-refractivity contribution in [3.63, 3.8) is 0 Å². The molecule has 0 spiro atoms. The van der Waals surface area contributed by atoms with E-state index in [9.17, 15) is 10.1 Å². The standard InChI is InChI=1S/C14H13IN2O2S/c15-14-8-11-12(5-2-6-13(11)20-14)16-9-3-1-4-10(7-9)17(18)19/h1,3-4,7-8,12,16H,2,5-6H2. The number of nitrogens with zero attached hydrogens (tertiary/aromatic N) is 1. The summed E-state index contributed by atoms with van der Waals surface area (Å²) in [5, 5.41) is 14.3. The number of rotatable bonds is 3. The summed E-state index contributed by atoms with van der Waals surface area (Å²) >= 11 is 4.21. The monoisotopic (exact) mass is 400 g/mol. The third-order valence-corrected chi connectivity index (χ3v) is 5.45. The van der Waals surface area contributed by atoms with Crippen LogP contribution in [-0.2, 0) is 6.42 Å². The zero-order chi connectivity index (χ0) is 14.1. The lowest BCUT2D eigenvalue weighted by molar-refractivity contribution is -0.384. The molecule has 0 fully saturated rings. The molecule has 0 aliphatic heterocycles. The molecule has 4 nitrogen and oxygen atoms in total. The van der Waals surface area contributed by atoms with Crippen molar-refractivity contribution >= 4 is 45.3 Å². The summed E-state index contributed by atoms with van der Waals surface area (Å²) in [7, 11) is 0. The average Bonchev–Trinajstić information content (AvgIpc) is 2.80. The Hall–Kier alpha value is -1.15. The maximum atomic E-state index is 10.8. The number of nitro groups is 1. The zero-order valence-electron chi connectivity index (χ0n) is 10.6. The highest BCUT2D eigenvalue weighted by atomic mass is 127. The molecule has 0 radical (unpaired) electrons.